The number of hydrogen-bond acceptors (Lipinski definition) is 6. The molecule has 0 fully saturated rings. The fraction of sp³-hybridized carbons (Fsp3) is 0.333. The molecule has 0 aliphatic carbocycles. The van der Waals surface area contributed by atoms with Crippen LogP contribution in [0.2, 0.25) is 18.1 Å². The Kier molecular flexibility index (Phi) is 9.55. The topological polar surface area (TPSA) is 97.4 Å². The van der Waals surface area contributed by atoms with E-state index in [1.165, 1.54) is 18.5 Å². The van der Waals surface area contributed by atoms with E-state index in [9.17, 15) is 9.59 Å². The van der Waals surface area contributed by atoms with E-state index in [-0.39, 0.29) is 16.7 Å². The molecule has 0 atom stereocenters. The summed E-state index contributed by atoms with van der Waals surface area (Å²) in [5, 5.41) is 2.13. The van der Waals surface area contributed by atoms with Crippen LogP contribution in [0.15, 0.2) is 67.1 Å². The van der Waals surface area contributed by atoms with Crippen LogP contribution in [0, 0.1) is 6.92 Å². The molecule has 0 bridgehead atoms. The lowest BCUT2D eigenvalue weighted by Gasteiger charge is -2.36. The van der Waals surface area contributed by atoms with Gasteiger partial charge >= 0.3 is 0 Å². The molecule has 9 heteroatoms. The Morgan fingerprint density at radius 3 is 2.28 bits per heavy atom. The first kappa shape index (κ1) is 29.9. The number of nitrogens with zero attached hydrogens (tertiary/aromatic N) is 3. The summed E-state index contributed by atoms with van der Waals surface area (Å²) in [6.45, 7) is 13.6. The smallest absolute Gasteiger partial charge is 0.277 e. The lowest BCUT2D eigenvalue weighted by Crippen LogP contribution is -2.40. The van der Waals surface area contributed by atoms with Crippen molar-refractivity contribution in [3.63, 3.8) is 0 Å². The number of hydrogen-bond donors (Lipinski definition) is 1. The van der Waals surface area contributed by atoms with Gasteiger partial charge in [0, 0.05) is 29.8 Å². The Hall–Kier alpha value is -3.66. The van der Waals surface area contributed by atoms with Crippen molar-refractivity contribution >= 4 is 31.0 Å². The van der Waals surface area contributed by atoms with Gasteiger partial charge in [-0.25, -0.2) is 15.0 Å². The molecule has 0 saturated heterocycles. The van der Waals surface area contributed by atoms with Crippen molar-refractivity contribution in [2.75, 3.05) is 14.2 Å². The third-order valence-electron chi connectivity index (χ3n) is 7.13. The maximum atomic E-state index is 12.8. The first-order chi connectivity index (χ1) is 18.4. The molecular formula is C30H38N4O4Si. The average Bonchev–Trinajstić information content (AvgIpc) is 3.40. The van der Waals surface area contributed by atoms with Crippen LogP contribution in [0.25, 0.3) is 11.0 Å². The van der Waals surface area contributed by atoms with Gasteiger partial charge in [-0.15, -0.1) is 0 Å². The van der Waals surface area contributed by atoms with Crippen LogP contribution in [-0.4, -0.2) is 54.2 Å². The number of rotatable bonds is 7. The zero-order valence-electron chi connectivity index (χ0n) is 24.0. The van der Waals surface area contributed by atoms with Crippen LogP contribution in [-0.2, 0) is 15.9 Å². The molecule has 4 rings (SSSR count). The lowest BCUT2D eigenvalue weighted by atomic mass is 10.0. The fourth-order valence-corrected chi connectivity index (χ4v) is 4.45. The van der Waals surface area contributed by atoms with E-state index in [0.29, 0.717) is 29.1 Å². The highest BCUT2D eigenvalue weighted by molar-refractivity contribution is 6.74. The zero-order chi connectivity index (χ0) is 28.8. The second-order valence-corrected chi connectivity index (χ2v) is 15.6. The first-order valence-electron chi connectivity index (χ1n) is 12.8. The molecule has 0 unspecified atom stereocenters. The first-order valence-corrected chi connectivity index (χ1v) is 15.7. The van der Waals surface area contributed by atoms with Gasteiger partial charge in [0.25, 0.3) is 5.91 Å². The fourth-order valence-electron chi connectivity index (χ4n) is 3.49. The number of aromatic nitrogens is 3. The molecule has 0 spiro atoms. The molecule has 4 aromatic rings. The minimum atomic E-state index is -1.79. The summed E-state index contributed by atoms with van der Waals surface area (Å²) in [7, 11) is 1.27. The van der Waals surface area contributed by atoms with E-state index in [0.717, 1.165) is 16.5 Å². The van der Waals surface area contributed by atoms with Gasteiger partial charge in [0.1, 0.15) is 17.7 Å². The van der Waals surface area contributed by atoms with Gasteiger partial charge in [0.2, 0.25) is 5.78 Å². The quantitative estimate of drug-likeness (QED) is 0.165. The van der Waals surface area contributed by atoms with E-state index in [1.807, 2.05) is 55.5 Å². The Bertz CT molecular complexity index is 1420. The highest BCUT2D eigenvalue weighted by Crippen LogP contribution is 2.37. The summed E-state index contributed by atoms with van der Waals surface area (Å²) in [5.74, 6) is -0.227. The molecule has 0 aliphatic heterocycles. The highest BCUT2D eigenvalue weighted by Gasteiger charge is 2.37. The maximum absolute atomic E-state index is 12.8. The van der Waals surface area contributed by atoms with Crippen LogP contribution in [0.3, 0.4) is 0 Å². The number of nitrogens with one attached hydrogen (secondary N) is 1. The van der Waals surface area contributed by atoms with Crippen molar-refractivity contribution in [3.05, 3.63) is 95.1 Å². The van der Waals surface area contributed by atoms with Gasteiger partial charge in [-0.2, -0.15) is 0 Å². The minimum Gasteiger partial charge on any atom is -0.413 e. The van der Waals surface area contributed by atoms with Crippen molar-refractivity contribution in [3.8, 4) is 0 Å². The number of carbonyl (C=O) groups excluding carboxylic acids is 2. The third-order valence-corrected chi connectivity index (χ3v) is 11.6. The molecular weight excluding hydrogens is 508 g/mol. The van der Waals surface area contributed by atoms with Gasteiger partial charge in [-0.3, -0.25) is 14.4 Å². The predicted octanol–water partition coefficient (Wildman–Crippen LogP) is 6.34. The Labute approximate surface area is 231 Å². The minimum absolute atomic E-state index is 0.103. The molecule has 206 valence electrons. The SMILES string of the molecule is CC(C)(C)[Si](C)(C)OCc1ccc(C(=O)c2ncnc3[nH]ccc23)cc1.CON(C)C(=O)c1ccccc1C. The number of fused-ring (bicyclic) bond motifs is 1. The van der Waals surface area contributed by atoms with Gasteiger partial charge in [-0.05, 0) is 48.3 Å². The Morgan fingerprint density at radius 1 is 1.00 bits per heavy atom. The van der Waals surface area contributed by atoms with Crippen molar-refractivity contribution in [2.45, 2.75) is 52.4 Å². The number of benzene rings is 2. The van der Waals surface area contributed by atoms with Crippen molar-refractivity contribution in [1.82, 2.24) is 20.0 Å². The van der Waals surface area contributed by atoms with E-state index >= 15 is 0 Å². The Morgan fingerprint density at radius 2 is 1.67 bits per heavy atom. The van der Waals surface area contributed by atoms with Gasteiger partial charge in [-0.1, -0.05) is 63.2 Å². The van der Waals surface area contributed by atoms with Crippen LogP contribution in [0.4, 0.5) is 0 Å². The number of carbonyl (C=O) groups is 2. The summed E-state index contributed by atoms with van der Waals surface area (Å²) >= 11 is 0. The molecule has 1 N–H and O–H groups in total. The molecule has 1 amide bonds. The van der Waals surface area contributed by atoms with Gasteiger partial charge in [0.15, 0.2) is 8.32 Å². The van der Waals surface area contributed by atoms with Gasteiger partial charge < -0.3 is 9.41 Å². The van der Waals surface area contributed by atoms with E-state index in [2.05, 4.69) is 48.8 Å². The monoisotopic (exact) mass is 546 g/mol. The van der Waals surface area contributed by atoms with E-state index < -0.39 is 8.32 Å². The summed E-state index contributed by atoms with van der Waals surface area (Å²) < 4.78 is 6.24. The Balaban J connectivity index is 0.000000272. The zero-order valence-corrected chi connectivity index (χ0v) is 25.0. The second kappa shape index (κ2) is 12.5. The molecule has 39 heavy (non-hydrogen) atoms. The molecule has 0 radical (unpaired) electrons. The molecule has 8 nitrogen and oxygen atoms in total. The third kappa shape index (κ3) is 7.26. The predicted molar refractivity (Wildman–Crippen MR) is 156 cm³/mol. The molecule has 2 aromatic heterocycles. The lowest BCUT2D eigenvalue weighted by molar-refractivity contribution is -0.0757. The molecule has 0 aliphatic rings. The summed E-state index contributed by atoms with van der Waals surface area (Å²) in [6, 6.07) is 16.8. The largest absolute Gasteiger partial charge is 0.413 e. The standard InChI is InChI=1S/C20H25N3O2Si.C10H13NO2/c1-20(2,3)26(4,5)25-12-14-6-8-15(9-7-14)18(24)17-16-10-11-21-19(16)23-13-22-17;1-8-6-4-5-7-9(8)10(12)11(2)13-3/h6-11,13H,12H2,1-5H3,(H,21,22,23);4-7H,1-3H3. The van der Waals surface area contributed by atoms with Gasteiger partial charge in [0.05, 0.1) is 13.7 Å². The molecule has 0 saturated carbocycles. The number of ketones is 1. The number of aryl methyl sites for hydroxylation is 1. The van der Waals surface area contributed by atoms with Crippen molar-refractivity contribution < 1.29 is 18.9 Å². The van der Waals surface area contributed by atoms with Crippen molar-refractivity contribution in [2.24, 2.45) is 0 Å². The molecule has 2 heterocycles. The second-order valence-electron chi connectivity index (χ2n) is 10.8. The maximum Gasteiger partial charge on any atom is 0.277 e. The van der Waals surface area contributed by atoms with Crippen LogP contribution < -0.4 is 0 Å². The number of hydroxylamine groups is 2. The number of aromatic amines is 1. The number of H-pyrrole nitrogens is 1. The van der Waals surface area contributed by atoms with E-state index in [4.69, 9.17) is 9.26 Å². The normalized spacial score (nSPS) is 11.6. The summed E-state index contributed by atoms with van der Waals surface area (Å²) in [5.41, 5.74) is 4.40. The average molecular weight is 547 g/mol. The summed E-state index contributed by atoms with van der Waals surface area (Å²) in [4.78, 5) is 40.5. The van der Waals surface area contributed by atoms with E-state index in [1.54, 1.807) is 19.3 Å². The van der Waals surface area contributed by atoms with Crippen LogP contribution in [0.1, 0.15) is 58.3 Å². The number of amides is 1. The van der Waals surface area contributed by atoms with Crippen molar-refractivity contribution in [1.29, 1.82) is 0 Å². The summed E-state index contributed by atoms with van der Waals surface area (Å²) in [6.07, 6.45) is 3.17. The molecule has 2 aromatic carbocycles. The van der Waals surface area contributed by atoms with Crippen LogP contribution >= 0.6 is 0 Å². The highest BCUT2D eigenvalue weighted by atomic mass is 28.4. The van der Waals surface area contributed by atoms with Crippen LogP contribution in [0.5, 0.6) is 0 Å².